The van der Waals surface area contributed by atoms with Gasteiger partial charge in [0.05, 0.1) is 43.5 Å². The number of hydrogen-bond acceptors (Lipinski definition) is 7. The SMILES string of the molecule is COc1ccc(CN2C(=O)C(=O)/C(=C(\O)c3cc(Cl)cc(Cl)c3OC)C2c2cccs2)cc1OC. The smallest absolute Gasteiger partial charge is 0.295 e. The van der Waals surface area contributed by atoms with Crippen LogP contribution in [-0.4, -0.2) is 43.0 Å². The van der Waals surface area contributed by atoms with Crippen molar-refractivity contribution in [2.75, 3.05) is 21.3 Å². The Morgan fingerprint density at radius 3 is 2.40 bits per heavy atom. The zero-order chi connectivity index (χ0) is 25.3. The van der Waals surface area contributed by atoms with Crippen molar-refractivity contribution < 1.29 is 28.9 Å². The Balaban J connectivity index is 1.86. The minimum atomic E-state index is -0.828. The molecule has 0 saturated carbocycles. The van der Waals surface area contributed by atoms with E-state index in [4.69, 9.17) is 37.4 Å². The maximum Gasteiger partial charge on any atom is 0.295 e. The molecule has 1 aromatic heterocycles. The highest BCUT2D eigenvalue weighted by Gasteiger charge is 2.47. The summed E-state index contributed by atoms with van der Waals surface area (Å²) in [5, 5.41) is 13.6. The van der Waals surface area contributed by atoms with Gasteiger partial charge in [0.1, 0.15) is 11.5 Å². The van der Waals surface area contributed by atoms with Crippen LogP contribution in [0.5, 0.6) is 17.2 Å². The molecule has 182 valence electrons. The molecular weight excluding hydrogens is 513 g/mol. The van der Waals surface area contributed by atoms with Crippen molar-refractivity contribution in [2.24, 2.45) is 0 Å². The van der Waals surface area contributed by atoms with Crippen LogP contribution in [0.1, 0.15) is 22.0 Å². The normalized spacial score (nSPS) is 17.1. The molecule has 0 spiro atoms. The number of hydrogen-bond donors (Lipinski definition) is 1. The van der Waals surface area contributed by atoms with Crippen molar-refractivity contribution >= 4 is 52.0 Å². The number of Topliss-reactive ketones (excluding diaryl/α,β-unsaturated/α-hetero) is 1. The van der Waals surface area contributed by atoms with Gasteiger partial charge in [0.15, 0.2) is 11.5 Å². The van der Waals surface area contributed by atoms with Gasteiger partial charge < -0.3 is 24.2 Å². The first-order valence-electron chi connectivity index (χ1n) is 10.4. The largest absolute Gasteiger partial charge is 0.507 e. The number of ketones is 1. The second kappa shape index (κ2) is 10.2. The standard InChI is InChI=1S/C25H21Cl2NO6S/c1-32-17-7-6-13(9-18(17)33-2)12-28-21(19-5-4-8-35-19)20(23(30)25(28)31)22(29)15-10-14(26)11-16(27)24(15)34-3/h4-11,21,29H,12H2,1-3H3/b22-20-. The van der Waals surface area contributed by atoms with E-state index in [1.165, 1.54) is 49.7 Å². The first-order valence-corrected chi connectivity index (χ1v) is 12.0. The third-order valence-corrected chi connectivity index (χ3v) is 7.04. The summed E-state index contributed by atoms with van der Waals surface area (Å²) in [5.74, 6) is -0.806. The first kappa shape index (κ1) is 24.9. The summed E-state index contributed by atoms with van der Waals surface area (Å²) in [6.45, 7) is 0.0950. The molecule has 0 bridgehead atoms. The zero-order valence-corrected chi connectivity index (χ0v) is 21.3. The van der Waals surface area contributed by atoms with Crippen LogP contribution in [0.4, 0.5) is 0 Å². The fourth-order valence-electron chi connectivity index (χ4n) is 4.05. The van der Waals surface area contributed by atoms with Gasteiger partial charge in [-0.1, -0.05) is 35.3 Å². The molecule has 2 aromatic carbocycles. The summed E-state index contributed by atoms with van der Waals surface area (Å²) >= 11 is 13.8. The van der Waals surface area contributed by atoms with Crippen molar-refractivity contribution in [2.45, 2.75) is 12.6 Å². The van der Waals surface area contributed by atoms with Gasteiger partial charge in [0.2, 0.25) is 0 Å². The predicted molar refractivity (Wildman–Crippen MR) is 135 cm³/mol. The summed E-state index contributed by atoms with van der Waals surface area (Å²) in [6, 6.07) is 10.9. The van der Waals surface area contributed by atoms with E-state index in [0.29, 0.717) is 16.4 Å². The molecule has 4 rings (SSSR count). The van der Waals surface area contributed by atoms with Gasteiger partial charge in [-0.3, -0.25) is 9.59 Å². The van der Waals surface area contributed by atoms with E-state index < -0.39 is 23.5 Å². The van der Waals surface area contributed by atoms with E-state index in [2.05, 4.69) is 0 Å². The maximum atomic E-state index is 13.3. The predicted octanol–water partition coefficient (Wildman–Crippen LogP) is 5.70. The lowest BCUT2D eigenvalue weighted by atomic mass is 9.99. The number of carbonyl (C=O) groups excluding carboxylic acids is 2. The van der Waals surface area contributed by atoms with Crippen molar-refractivity contribution in [3.63, 3.8) is 0 Å². The molecule has 2 heterocycles. The molecule has 7 nitrogen and oxygen atoms in total. The molecule has 1 aliphatic heterocycles. The molecule has 10 heteroatoms. The van der Waals surface area contributed by atoms with Crippen molar-refractivity contribution in [3.05, 3.63) is 79.5 Å². The Morgan fingerprint density at radius 1 is 1.03 bits per heavy atom. The molecule has 1 atom stereocenters. The fraction of sp³-hybridized carbons (Fsp3) is 0.200. The van der Waals surface area contributed by atoms with Crippen molar-refractivity contribution in [1.82, 2.24) is 4.90 Å². The fourth-order valence-corrected chi connectivity index (χ4v) is 5.47. The molecule has 1 saturated heterocycles. The highest BCUT2D eigenvalue weighted by Crippen LogP contribution is 2.45. The van der Waals surface area contributed by atoms with Gasteiger partial charge >= 0.3 is 0 Å². The Kier molecular flexibility index (Phi) is 7.25. The Labute approximate surface area is 216 Å². The number of carbonyl (C=O) groups is 2. The quantitative estimate of drug-likeness (QED) is 0.238. The lowest BCUT2D eigenvalue weighted by molar-refractivity contribution is -0.140. The summed E-state index contributed by atoms with van der Waals surface area (Å²) < 4.78 is 16.0. The minimum Gasteiger partial charge on any atom is -0.507 e. The van der Waals surface area contributed by atoms with Gasteiger partial charge in [-0.2, -0.15) is 0 Å². The monoisotopic (exact) mass is 533 g/mol. The van der Waals surface area contributed by atoms with Crippen LogP contribution >= 0.6 is 34.5 Å². The molecule has 35 heavy (non-hydrogen) atoms. The number of likely N-dealkylation sites (tertiary alicyclic amines) is 1. The number of halogens is 2. The van der Waals surface area contributed by atoms with Crippen LogP contribution in [0.25, 0.3) is 5.76 Å². The number of nitrogens with zero attached hydrogens (tertiary/aromatic N) is 1. The zero-order valence-electron chi connectivity index (χ0n) is 19.0. The number of aliphatic hydroxyl groups is 1. The number of methoxy groups -OCH3 is 3. The Bertz CT molecular complexity index is 1320. The summed E-state index contributed by atoms with van der Waals surface area (Å²) in [7, 11) is 4.44. The second-order valence-corrected chi connectivity index (χ2v) is 9.42. The lowest BCUT2D eigenvalue weighted by Crippen LogP contribution is -2.28. The number of aliphatic hydroxyl groups excluding tert-OH is 1. The average Bonchev–Trinajstić information content (AvgIpc) is 3.46. The highest BCUT2D eigenvalue weighted by atomic mass is 35.5. The third kappa shape index (κ3) is 4.57. The van der Waals surface area contributed by atoms with E-state index in [0.717, 1.165) is 5.56 Å². The maximum absolute atomic E-state index is 13.3. The summed E-state index contributed by atoms with van der Waals surface area (Å²) in [5.41, 5.74) is 0.764. The van der Waals surface area contributed by atoms with E-state index in [-0.39, 0.29) is 33.5 Å². The van der Waals surface area contributed by atoms with Crippen LogP contribution in [0.2, 0.25) is 10.0 Å². The topological polar surface area (TPSA) is 85.3 Å². The molecule has 0 aliphatic carbocycles. The Morgan fingerprint density at radius 2 is 1.77 bits per heavy atom. The third-order valence-electron chi connectivity index (χ3n) is 5.62. The van der Waals surface area contributed by atoms with Crippen LogP contribution < -0.4 is 14.2 Å². The number of amides is 1. The van der Waals surface area contributed by atoms with Crippen LogP contribution in [-0.2, 0) is 16.1 Å². The van der Waals surface area contributed by atoms with E-state index in [1.807, 2.05) is 11.4 Å². The molecule has 3 aromatic rings. The summed E-state index contributed by atoms with van der Waals surface area (Å²) in [6.07, 6.45) is 0. The van der Waals surface area contributed by atoms with Gasteiger partial charge in [-0.15, -0.1) is 11.3 Å². The first-order chi connectivity index (χ1) is 16.8. The molecule has 1 unspecified atom stereocenters. The average molecular weight is 534 g/mol. The van der Waals surface area contributed by atoms with E-state index >= 15 is 0 Å². The Hall–Kier alpha value is -3.20. The number of ether oxygens (including phenoxy) is 3. The van der Waals surface area contributed by atoms with Gasteiger partial charge in [0, 0.05) is 16.4 Å². The van der Waals surface area contributed by atoms with Gasteiger partial charge in [-0.05, 0) is 41.3 Å². The molecule has 1 aliphatic rings. The van der Waals surface area contributed by atoms with Gasteiger partial charge in [0.25, 0.3) is 11.7 Å². The highest BCUT2D eigenvalue weighted by molar-refractivity contribution is 7.10. The minimum absolute atomic E-state index is 0.0745. The number of thiophene rings is 1. The molecule has 1 amide bonds. The lowest BCUT2D eigenvalue weighted by Gasteiger charge is -2.24. The van der Waals surface area contributed by atoms with Crippen LogP contribution in [0.3, 0.4) is 0 Å². The van der Waals surface area contributed by atoms with E-state index in [1.54, 1.807) is 24.3 Å². The van der Waals surface area contributed by atoms with Crippen molar-refractivity contribution in [3.8, 4) is 17.2 Å². The van der Waals surface area contributed by atoms with Crippen molar-refractivity contribution in [1.29, 1.82) is 0 Å². The van der Waals surface area contributed by atoms with Gasteiger partial charge in [-0.25, -0.2) is 0 Å². The molecular formula is C25H21Cl2NO6S. The number of benzene rings is 2. The van der Waals surface area contributed by atoms with Crippen LogP contribution in [0.15, 0.2) is 53.4 Å². The molecule has 1 fully saturated rings. The summed E-state index contributed by atoms with van der Waals surface area (Å²) in [4.78, 5) is 28.6. The molecule has 0 radical (unpaired) electrons. The van der Waals surface area contributed by atoms with Crippen LogP contribution in [0, 0.1) is 0 Å². The van der Waals surface area contributed by atoms with E-state index in [9.17, 15) is 14.7 Å². The second-order valence-electron chi connectivity index (χ2n) is 7.60. The molecule has 1 N–H and O–H groups in total. The number of rotatable bonds is 7.